The van der Waals surface area contributed by atoms with Crippen LogP contribution in [-0.2, 0) is 4.74 Å². The predicted molar refractivity (Wildman–Crippen MR) is 70.6 cm³/mol. The van der Waals surface area contributed by atoms with E-state index in [1.54, 1.807) is 0 Å². The molecule has 0 amide bonds. The smallest absolute Gasteiger partial charge is 0.115 e. The lowest BCUT2D eigenvalue weighted by Crippen LogP contribution is -2.29. The van der Waals surface area contributed by atoms with Crippen molar-refractivity contribution in [2.24, 2.45) is 5.84 Å². The molecule has 2 rings (SSSR count). The normalized spacial score (nSPS) is 16.8. The van der Waals surface area contributed by atoms with Gasteiger partial charge in [0.25, 0.3) is 0 Å². The first kappa shape index (κ1) is 12.1. The maximum atomic E-state index is 5.59. The van der Waals surface area contributed by atoms with Gasteiger partial charge in [0.2, 0.25) is 0 Å². The third-order valence-electron chi connectivity index (χ3n) is 2.46. The van der Waals surface area contributed by atoms with Crippen molar-refractivity contribution in [2.45, 2.75) is 12.5 Å². The molecule has 0 spiro atoms. The summed E-state index contributed by atoms with van der Waals surface area (Å²) in [5.74, 6) is 6.48. The Bertz CT molecular complexity index is 420. The van der Waals surface area contributed by atoms with Gasteiger partial charge in [-0.1, -0.05) is 37.9 Å². The Balaban J connectivity index is 2.32. The Morgan fingerprint density at radius 3 is 2.75 bits per heavy atom. The quantitative estimate of drug-likeness (QED) is 0.652. The molecule has 0 saturated heterocycles. The van der Waals surface area contributed by atoms with Crippen molar-refractivity contribution in [3.05, 3.63) is 44.5 Å². The van der Waals surface area contributed by atoms with E-state index in [1.807, 2.05) is 18.2 Å². The molecule has 5 heteroatoms. The van der Waals surface area contributed by atoms with E-state index < -0.39 is 0 Å². The van der Waals surface area contributed by atoms with Crippen molar-refractivity contribution in [3.8, 4) is 0 Å². The predicted octanol–water partition coefficient (Wildman–Crippen LogP) is 3.02. The molecule has 3 nitrogen and oxygen atoms in total. The van der Waals surface area contributed by atoms with Crippen LogP contribution in [0.4, 0.5) is 0 Å². The summed E-state index contributed by atoms with van der Waals surface area (Å²) in [6, 6.07) is 5.90. The summed E-state index contributed by atoms with van der Waals surface area (Å²) in [7, 11) is 0. The molecule has 1 aromatic carbocycles. The maximum absolute atomic E-state index is 5.59. The van der Waals surface area contributed by atoms with Crippen LogP contribution in [0.3, 0.4) is 0 Å². The van der Waals surface area contributed by atoms with Crippen LogP contribution < -0.4 is 11.3 Å². The number of ether oxygens (including phenoxy) is 1. The van der Waals surface area contributed by atoms with Gasteiger partial charge in [0.15, 0.2) is 0 Å². The molecule has 3 N–H and O–H groups in total. The van der Waals surface area contributed by atoms with Gasteiger partial charge in [-0.15, -0.1) is 0 Å². The third kappa shape index (κ3) is 2.48. The molecule has 86 valence electrons. The second-order valence-corrected chi connectivity index (χ2v) is 5.28. The minimum Gasteiger partial charge on any atom is -0.496 e. The second kappa shape index (κ2) is 5.31. The average molecular weight is 348 g/mol. The fourth-order valence-corrected chi connectivity index (χ4v) is 2.97. The molecule has 1 aromatic rings. The van der Waals surface area contributed by atoms with Gasteiger partial charge < -0.3 is 4.74 Å². The van der Waals surface area contributed by atoms with E-state index in [4.69, 9.17) is 10.6 Å². The molecular formula is C11H12Br2N2O. The minimum atomic E-state index is -0.0926. The molecule has 1 aliphatic rings. The van der Waals surface area contributed by atoms with Crippen molar-refractivity contribution < 1.29 is 4.74 Å². The molecule has 1 unspecified atom stereocenters. The molecule has 16 heavy (non-hydrogen) atoms. The number of benzene rings is 1. The Morgan fingerprint density at radius 1 is 1.38 bits per heavy atom. The van der Waals surface area contributed by atoms with Crippen LogP contribution in [0, 0.1) is 0 Å². The van der Waals surface area contributed by atoms with Gasteiger partial charge in [0.05, 0.1) is 6.61 Å². The van der Waals surface area contributed by atoms with E-state index in [2.05, 4.69) is 43.4 Å². The maximum Gasteiger partial charge on any atom is 0.115 e. The Morgan fingerprint density at radius 2 is 2.19 bits per heavy atom. The molecule has 0 saturated carbocycles. The van der Waals surface area contributed by atoms with Crippen LogP contribution in [0.25, 0.3) is 0 Å². The first-order valence-electron chi connectivity index (χ1n) is 4.96. The van der Waals surface area contributed by atoms with Gasteiger partial charge in [-0.25, -0.2) is 5.43 Å². The van der Waals surface area contributed by atoms with Crippen LogP contribution in [-0.4, -0.2) is 6.61 Å². The highest BCUT2D eigenvalue weighted by Gasteiger charge is 2.21. The van der Waals surface area contributed by atoms with Crippen LogP contribution in [0.15, 0.2) is 39.0 Å². The van der Waals surface area contributed by atoms with Gasteiger partial charge in [-0.2, -0.15) is 0 Å². The summed E-state index contributed by atoms with van der Waals surface area (Å²) in [6.45, 7) is 0.738. The average Bonchev–Trinajstić information content (AvgIpc) is 2.75. The van der Waals surface area contributed by atoms with Crippen LogP contribution in [0.1, 0.15) is 18.0 Å². The fraction of sp³-hybridized carbons (Fsp3) is 0.273. The monoisotopic (exact) mass is 346 g/mol. The summed E-state index contributed by atoms with van der Waals surface area (Å²) in [5, 5.41) is 0. The number of halogens is 2. The summed E-state index contributed by atoms with van der Waals surface area (Å²) < 4.78 is 7.56. The summed E-state index contributed by atoms with van der Waals surface area (Å²) in [4.78, 5) is 0. The highest BCUT2D eigenvalue weighted by Crippen LogP contribution is 2.32. The van der Waals surface area contributed by atoms with E-state index in [9.17, 15) is 0 Å². The SMILES string of the molecule is NNC(C1=CCCO1)c1ccc(Br)cc1Br. The first-order valence-corrected chi connectivity index (χ1v) is 6.55. The standard InChI is InChI=1S/C11H12Br2N2O/c12-7-3-4-8(9(13)6-7)11(15-14)10-2-1-5-16-10/h2-4,6,11,15H,1,5,14H2. The lowest BCUT2D eigenvalue weighted by atomic mass is 10.1. The van der Waals surface area contributed by atoms with Crippen LogP contribution >= 0.6 is 31.9 Å². The molecular weight excluding hydrogens is 336 g/mol. The molecule has 0 aromatic heterocycles. The van der Waals surface area contributed by atoms with Crippen molar-refractivity contribution in [1.29, 1.82) is 0 Å². The summed E-state index contributed by atoms with van der Waals surface area (Å²) in [6.07, 6.45) is 3.01. The van der Waals surface area contributed by atoms with Crippen molar-refractivity contribution in [2.75, 3.05) is 6.61 Å². The van der Waals surface area contributed by atoms with Crippen molar-refractivity contribution in [1.82, 2.24) is 5.43 Å². The molecule has 1 atom stereocenters. The molecule has 1 aliphatic heterocycles. The van der Waals surface area contributed by atoms with E-state index in [0.717, 1.165) is 33.3 Å². The molecule has 1 heterocycles. The highest BCUT2D eigenvalue weighted by molar-refractivity contribution is 9.11. The Hall–Kier alpha value is -0.360. The van der Waals surface area contributed by atoms with Gasteiger partial charge in [-0.3, -0.25) is 5.84 Å². The van der Waals surface area contributed by atoms with E-state index in [-0.39, 0.29) is 6.04 Å². The number of hydrogen-bond acceptors (Lipinski definition) is 3. The Kier molecular flexibility index (Phi) is 4.02. The number of rotatable bonds is 3. The zero-order chi connectivity index (χ0) is 11.5. The highest BCUT2D eigenvalue weighted by atomic mass is 79.9. The van der Waals surface area contributed by atoms with Gasteiger partial charge >= 0.3 is 0 Å². The third-order valence-corrected chi connectivity index (χ3v) is 3.64. The Labute approximate surface area is 111 Å². The lowest BCUT2D eigenvalue weighted by molar-refractivity contribution is 0.215. The summed E-state index contributed by atoms with van der Waals surface area (Å²) in [5.41, 5.74) is 3.85. The molecule has 0 aliphatic carbocycles. The number of nitrogens with one attached hydrogen (secondary N) is 1. The fourth-order valence-electron chi connectivity index (χ4n) is 1.70. The molecule has 0 bridgehead atoms. The molecule has 0 fully saturated rings. The van der Waals surface area contributed by atoms with Crippen molar-refractivity contribution >= 4 is 31.9 Å². The second-order valence-electron chi connectivity index (χ2n) is 3.51. The zero-order valence-electron chi connectivity index (χ0n) is 8.54. The van der Waals surface area contributed by atoms with E-state index in [0.29, 0.717) is 0 Å². The largest absolute Gasteiger partial charge is 0.496 e. The van der Waals surface area contributed by atoms with E-state index >= 15 is 0 Å². The van der Waals surface area contributed by atoms with Gasteiger partial charge in [-0.05, 0) is 23.8 Å². The van der Waals surface area contributed by atoms with Gasteiger partial charge in [0, 0.05) is 15.4 Å². The van der Waals surface area contributed by atoms with E-state index in [1.165, 1.54) is 0 Å². The number of hydrazine groups is 1. The topological polar surface area (TPSA) is 47.3 Å². The van der Waals surface area contributed by atoms with Crippen molar-refractivity contribution in [3.63, 3.8) is 0 Å². The summed E-state index contributed by atoms with van der Waals surface area (Å²) >= 11 is 6.95. The van der Waals surface area contributed by atoms with Crippen LogP contribution in [0.5, 0.6) is 0 Å². The lowest BCUT2D eigenvalue weighted by Gasteiger charge is -2.19. The number of hydrogen-bond donors (Lipinski definition) is 2. The zero-order valence-corrected chi connectivity index (χ0v) is 11.7. The minimum absolute atomic E-state index is 0.0926. The molecule has 0 radical (unpaired) electrons. The van der Waals surface area contributed by atoms with Crippen LogP contribution in [0.2, 0.25) is 0 Å². The van der Waals surface area contributed by atoms with Gasteiger partial charge in [0.1, 0.15) is 11.8 Å². The first-order chi connectivity index (χ1) is 7.72. The number of nitrogens with two attached hydrogens (primary N) is 1.